The van der Waals surface area contributed by atoms with Gasteiger partial charge in [-0.2, -0.15) is 0 Å². The average Bonchev–Trinajstić information content (AvgIpc) is 3.46. The van der Waals surface area contributed by atoms with Crippen molar-refractivity contribution in [2.24, 2.45) is 0 Å². The predicted molar refractivity (Wildman–Crippen MR) is 352 cm³/mol. The van der Waals surface area contributed by atoms with Gasteiger partial charge in [0, 0.05) is 12.8 Å². The molecule has 0 aromatic rings. The van der Waals surface area contributed by atoms with Gasteiger partial charge < -0.3 is 18.9 Å². The van der Waals surface area contributed by atoms with Crippen LogP contribution in [0, 0.1) is 0 Å². The Kier molecular flexibility index (Phi) is 56.6. The second kappa shape index (κ2) is 60.4. The zero-order valence-corrected chi connectivity index (χ0v) is 52.8. The van der Waals surface area contributed by atoms with Crippen molar-refractivity contribution in [1.82, 2.24) is 0 Å². The lowest BCUT2D eigenvalue weighted by atomic mass is 10.1. The number of allylic oxidation sites excluding steroid dienone is 32. The van der Waals surface area contributed by atoms with Crippen molar-refractivity contribution >= 4 is 19.8 Å². The van der Waals surface area contributed by atoms with Crippen LogP contribution in [0.1, 0.15) is 194 Å². The van der Waals surface area contributed by atoms with Crippen molar-refractivity contribution in [3.05, 3.63) is 194 Å². The van der Waals surface area contributed by atoms with Gasteiger partial charge in [0.05, 0.1) is 27.7 Å². The first-order valence-corrected chi connectivity index (χ1v) is 32.7. The number of carbonyl (C=O) groups is 2. The van der Waals surface area contributed by atoms with E-state index in [4.69, 9.17) is 18.5 Å². The zero-order valence-electron chi connectivity index (χ0n) is 51.9. The van der Waals surface area contributed by atoms with Gasteiger partial charge in [-0.15, -0.1) is 0 Å². The molecule has 0 aromatic heterocycles. The summed E-state index contributed by atoms with van der Waals surface area (Å²) in [5.74, 6) is -0.883. The van der Waals surface area contributed by atoms with E-state index >= 15 is 0 Å². The Balaban J connectivity index is 4.29. The van der Waals surface area contributed by atoms with Crippen molar-refractivity contribution < 1.29 is 42.1 Å². The summed E-state index contributed by atoms with van der Waals surface area (Å²) in [7, 11) is 1.41. The summed E-state index contributed by atoms with van der Waals surface area (Å²) < 4.78 is 34.5. The summed E-state index contributed by atoms with van der Waals surface area (Å²) in [6, 6.07) is 0. The maximum Gasteiger partial charge on any atom is 0.472 e. The van der Waals surface area contributed by atoms with Crippen LogP contribution in [0.3, 0.4) is 0 Å². The summed E-state index contributed by atoms with van der Waals surface area (Å²) in [5.41, 5.74) is 0. The highest BCUT2D eigenvalue weighted by atomic mass is 31.2. The van der Waals surface area contributed by atoms with E-state index in [9.17, 15) is 19.0 Å². The van der Waals surface area contributed by atoms with E-state index in [2.05, 4.69) is 208 Å². The average molecular weight is 1150 g/mol. The Bertz CT molecular complexity index is 2080. The fourth-order valence-electron chi connectivity index (χ4n) is 7.40. The zero-order chi connectivity index (χ0) is 59.8. The maximum atomic E-state index is 12.8. The second-order valence-electron chi connectivity index (χ2n) is 21.0. The molecule has 9 nitrogen and oxygen atoms in total. The number of quaternary nitrogens is 1. The van der Waals surface area contributed by atoms with Crippen LogP contribution in [0.4, 0.5) is 0 Å². The van der Waals surface area contributed by atoms with Crippen LogP contribution in [-0.2, 0) is 32.7 Å². The number of carbonyl (C=O) groups excluding carboxylic acids is 2. The molecule has 82 heavy (non-hydrogen) atoms. The number of esters is 2. The minimum atomic E-state index is -4.42. The molecule has 0 rings (SSSR count). The smallest absolute Gasteiger partial charge is 0.462 e. The van der Waals surface area contributed by atoms with Crippen molar-refractivity contribution in [3.8, 4) is 0 Å². The summed E-state index contributed by atoms with van der Waals surface area (Å²) in [4.78, 5) is 35.7. The van der Waals surface area contributed by atoms with E-state index in [0.717, 1.165) is 154 Å². The highest BCUT2D eigenvalue weighted by Crippen LogP contribution is 2.43. The van der Waals surface area contributed by atoms with Gasteiger partial charge in [0.2, 0.25) is 0 Å². The number of unbranched alkanes of at least 4 members (excludes halogenated alkanes) is 8. The molecular formula is C72H113NO8P+. The molecule has 0 radical (unpaired) electrons. The molecule has 0 aliphatic carbocycles. The van der Waals surface area contributed by atoms with Crippen molar-refractivity contribution in [2.45, 2.75) is 200 Å². The Morgan fingerprint density at radius 2 is 0.659 bits per heavy atom. The maximum absolute atomic E-state index is 12.8. The number of nitrogens with zero attached hydrogens (tertiary/aromatic N) is 1. The molecule has 2 unspecified atom stereocenters. The Morgan fingerprint density at radius 1 is 0.378 bits per heavy atom. The molecule has 0 aromatic carbocycles. The molecule has 1 N–H and O–H groups in total. The van der Waals surface area contributed by atoms with Gasteiger partial charge in [-0.05, 0) is 141 Å². The number of ether oxygens (including phenoxy) is 2. The van der Waals surface area contributed by atoms with Crippen LogP contribution < -0.4 is 0 Å². The third kappa shape index (κ3) is 64.0. The third-order valence-corrected chi connectivity index (χ3v) is 13.1. The first-order valence-electron chi connectivity index (χ1n) is 31.2. The SMILES string of the molecule is CC/C=C\C/C=C\C/C=C\C/C=C\C/C=C\C/C=C\C/C=C\C/C=C\C/C=C\C/C=C\C/C=C\C/C=C\CCCCC(=O)OC(COC(=O)CCCCCCCC/C=C\C/C=C\C/C=C\C/C=C\CC)COP(=O)(O)OCC[N+](C)(C)C. The Morgan fingerprint density at radius 3 is 1.00 bits per heavy atom. The number of phosphoric acid groups is 1. The molecule has 10 heteroatoms. The van der Waals surface area contributed by atoms with Crippen LogP contribution in [0.15, 0.2) is 194 Å². The molecule has 0 spiro atoms. The van der Waals surface area contributed by atoms with E-state index in [1.807, 2.05) is 21.1 Å². The number of likely N-dealkylation sites (N-methyl/N-ethyl adjacent to an activating group) is 1. The van der Waals surface area contributed by atoms with E-state index in [-0.39, 0.29) is 26.1 Å². The normalized spacial score (nSPS) is 14.6. The lowest BCUT2D eigenvalue weighted by Gasteiger charge is -2.24. The van der Waals surface area contributed by atoms with E-state index in [1.165, 1.54) is 0 Å². The number of hydrogen-bond donors (Lipinski definition) is 1. The van der Waals surface area contributed by atoms with Crippen LogP contribution in [-0.4, -0.2) is 74.9 Å². The van der Waals surface area contributed by atoms with E-state index in [0.29, 0.717) is 23.9 Å². The van der Waals surface area contributed by atoms with Gasteiger partial charge in [0.1, 0.15) is 19.8 Å². The van der Waals surface area contributed by atoms with Gasteiger partial charge in [0.15, 0.2) is 6.10 Å². The fourth-order valence-corrected chi connectivity index (χ4v) is 8.14. The van der Waals surface area contributed by atoms with Crippen molar-refractivity contribution in [3.63, 3.8) is 0 Å². The second-order valence-corrected chi connectivity index (χ2v) is 22.4. The minimum Gasteiger partial charge on any atom is -0.462 e. The standard InChI is InChI=1S/C72H112NO8P/c1-6-8-10-12-14-16-18-20-22-24-26-27-28-29-30-31-32-33-34-35-36-37-38-39-40-41-42-43-44-45-47-49-51-53-55-57-59-61-63-65-72(75)81-70(69-80-82(76,77)79-67-66-73(3,4)5)68-78-71(74)64-62-60-58-56-54-52-50-48-46-25-23-21-19-17-15-13-11-9-7-2/h8-11,14-17,20-23,26-27,29-30,32-33,35-36,38-39,41-42,44-46,48-49,51,55,57,70H,6-7,12-13,18-19,24-25,28,31,34,37,40,43,47,50,52-54,56,58-69H2,1-5H3/p+1/b10-8-,11-9-,16-14-,17-15-,22-20-,23-21-,27-26-,30-29-,33-32-,36-35-,39-38-,42-41-,45-44-,48-46-,51-49-,57-55-. The largest absolute Gasteiger partial charge is 0.472 e. The van der Waals surface area contributed by atoms with Crippen LogP contribution >= 0.6 is 7.82 Å². The molecule has 0 bridgehead atoms. The van der Waals surface area contributed by atoms with Gasteiger partial charge >= 0.3 is 19.8 Å². The molecule has 2 atom stereocenters. The molecule has 0 saturated carbocycles. The Labute approximate surface area is 501 Å². The molecule has 0 aliphatic heterocycles. The molecular weight excluding hydrogens is 1040 g/mol. The van der Waals surface area contributed by atoms with Crippen LogP contribution in [0.2, 0.25) is 0 Å². The quantitative estimate of drug-likeness (QED) is 0.0211. The lowest BCUT2D eigenvalue weighted by Crippen LogP contribution is -2.37. The lowest BCUT2D eigenvalue weighted by molar-refractivity contribution is -0.870. The van der Waals surface area contributed by atoms with Crippen LogP contribution in [0.25, 0.3) is 0 Å². The van der Waals surface area contributed by atoms with Gasteiger partial charge in [-0.3, -0.25) is 18.6 Å². The topological polar surface area (TPSA) is 108 Å². The summed E-state index contributed by atoms with van der Waals surface area (Å²) in [6.07, 6.45) is 95.2. The van der Waals surface area contributed by atoms with E-state index < -0.39 is 32.5 Å². The monoisotopic (exact) mass is 1150 g/mol. The van der Waals surface area contributed by atoms with E-state index in [1.54, 1.807) is 0 Å². The van der Waals surface area contributed by atoms with Crippen molar-refractivity contribution in [2.75, 3.05) is 47.5 Å². The number of rotatable bonds is 54. The molecule has 0 aliphatic rings. The highest BCUT2D eigenvalue weighted by Gasteiger charge is 2.27. The summed E-state index contributed by atoms with van der Waals surface area (Å²) in [6.45, 7) is 4.10. The molecule has 0 fully saturated rings. The third-order valence-electron chi connectivity index (χ3n) is 12.1. The van der Waals surface area contributed by atoms with Gasteiger partial charge in [-0.1, -0.05) is 234 Å². The first-order chi connectivity index (χ1) is 40.0. The molecule has 0 saturated heterocycles. The highest BCUT2D eigenvalue weighted by molar-refractivity contribution is 7.47. The minimum absolute atomic E-state index is 0.00882. The summed E-state index contributed by atoms with van der Waals surface area (Å²) >= 11 is 0. The summed E-state index contributed by atoms with van der Waals surface area (Å²) in [5, 5.41) is 0. The van der Waals surface area contributed by atoms with Gasteiger partial charge in [0.25, 0.3) is 0 Å². The van der Waals surface area contributed by atoms with Crippen LogP contribution in [0.5, 0.6) is 0 Å². The molecule has 0 amide bonds. The first kappa shape index (κ1) is 76.9. The Hall–Kier alpha value is -5.15. The number of hydrogen-bond acceptors (Lipinski definition) is 7. The molecule has 0 heterocycles. The van der Waals surface area contributed by atoms with Crippen molar-refractivity contribution in [1.29, 1.82) is 0 Å². The number of phosphoric ester groups is 1. The fraction of sp³-hybridized carbons (Fsp3) is 0.528. The van der Waals surface area contributed by atoms with Gasteiger partial charge in [-0.25, -0.2) is 4.57 Å². The molecule has 458 valence electrons. The predicted octanol–water partition coefficient (Wildman–Crippen LogP) is 20.1.